The van der Waals surface area contributed by atoms with Gasteiger partial charge in [-0.2, -0.15) is 5.10 Å². The monoisotopic (exact) mass is 419 g/mol. The summed E-state index contributed by atoms with van der Waals surface area (Å²) in [5.41, 5.74) is 1.63. The zero-order valence-electron chi connectivity index (χ0n) is 10.7. The van der Waals surface area contributed by atoms with Gasteiger partial charge in [0.05, 0.1) is 11.9 Å². The van der Waals surface area contributed by atoms with Gasteiger partial charge in [-0.25, -0.2) is 4.68 Å². The average Bonchev–Trinajstić information content (AvgIpc) is 2.42. The molecular formula is C13H12Br2ClN3O. The van der Waals surface area contributed by atoms with Gasteiger partial charge in [-0.1, -0.05) is 27.5 Å². The lowest BCUT2D eigenvalue weighted by Crippen LogP contribution is -2.21. The summed E-state index contributed by atoms with van der Waals surface area (Å²) in [6.07, 6.45) is 2.40. The van der Waals surface area contributed by atoms with Crippen LogP contribution in [0, 0.1) is 0 Å². The highest BCUT2D eigenvalue weighted by Crippen LogP contribution is 2.22. The summed E-state index contributed by atoms with van der Waals surface area (Å²) in [5, 5.41) is 7.88. The van der Waals surface area contributed by atoms with Gasteiger partial charge in [0.25, 0.3) is 5.56 Å². The van der Waals surface area contributed by atoms with Gasteiger partial charge in [-0.3, -0.25) is 4.79 Å². The molecule has 0 unspecified atom stereocenters. The number of hydrogen-bond acceptors (Lipinski definition) is 3. The minimum atomic E-state index is -0.168. The molecule has 106 valence electrons. The second-order valence-electron chi connectivity index (χ2n) is 4.21. The van der Waals surface area contributed by atoms with Crippen LogP contribution in [0.3, 0.4) is 0 Å². The van der Waals surface area contributed by atoms with Crippen molar-refractivity contribution in [3.63, 3.8) is 0 Å². The summed E-state index contributed by atoms with van der Waals surface area (Å²) in [6.45, 7) is 0.673. The molecule has 1 aromatic heterocycles. The lowest BCUT2D eigenvalue weighted by molar-refractivity contribution is 0.703. The van der Waals surface area contributed by atoms with Crippen LogP contribution in [-0.2, 0) is 13.5 Å². The molecular weight excluding hydrogens is 409 g/mol. The highest BCUT2D eigenvalue weighted by atomic mass is 79.9. The number of rotatable bonds is 4. The number of nitrogens with one attached hydrogen (secondary N) is 1. The number of aryl methyl sites for hydroxylation is 1. The summed E-state index contributed by atoms with van der Waals surface area (Å²) >= 11 is 12.7. The van der Waals surface area contributed by atoms with Crippen molar-refractivity contribution in [2.75, 3.05) is 11.9 Å². The van der Waals surface area contributed by atoms with Crippen molar-refractivity contribution in [1.29, 1.82) is 0 Å². The van der Waals surface area contributed by atoms with Gasteiger partial charge in [0.15, 0.2) is 0 Å². The first kappa shape index (κ1) is 15.5. The maximum Gasteiger partial charge on any atom is 0.282 e. The predicted molar refractivity (Wildman–Crippen MR) is 88.5 cm³/mol. The molecule has 20 heavy (non-hydrogen) atoms. The highest BCUT2D eigenvalue weighted by molar-refractivity contribution is 9.10. The van der Waals surface area contributed by atoms with E-state index < -0.39 is 0 Å². The maximum atomic E-state index is 11.7. The molecule has 1 heterocycles. The minimum absolute atomic E-state index is 0.168. The Morgan fingerprint density at radius 2 is 2.15 bits per heavy atom. The maximum absolute atomic E-state index is 11.7. The molecule has 0 aliphatic heterocycles. The standard InChI is InChI=1S/C13H12Br2ClN3O/c1-19-13(20)12(15)11(7-18-19)17-5-4-8-6-9(16)2-3-10(8)14/h2-3,6-7,17H,4-5H2,1H3. The third-order valence-corrected chi connectivity index (χ3v) is 4.57. The Kier molecular flexibility index (Phi) is 5.23. The Morgan fingerprint density at radius 3 is 2.90 bits per heavy atom. The number of benzene rings is 1. The van der Waals surface area contributed by atoms with E-state index in [0.29, 0.717) is 21.7 Å². The van der Waals surface area contributed by atoms with Crippen LogP contribution in [-0.4, -0.2) is 16.3 Å². The zero-order valence-corrected chi connectivity index (χ0v) is 14.6. The van der Waals surface area contributed by atoms with E-state index in [4.69, 9.17) is 11.6 Å². The molecule has 2 aromatic rings. The van der Waals surface area contributed by atoms with Crippen molar-refractivity contribution < 1.29 is 0 Å². The van der Waals surface area contributed by atoms with Crippen molar-refractivity contribution >= 4 is 49.1 Å². The predicted octanol–water partition coefficient (Wildman–Crippen LogP) is 3.61. The molecule has 0 atom stereocenters. The molecule has 2 rings (SSSR count). The van der Waals surface area contributed by atoms with Gasteiger partial charge in [-0.15, -0.1) is 0 Å². The second kappa shape index (κ2) is 6.74. The van der Waals surface area contributed by atoms with Crippen LogP contribution in [0.25, 0.3) is 0 Å². The normalized spacial score (nSPS) is 10.6. The van der Waals surface area contributed by atoms with Crippen LogP contribution in [0.15, 0.2) is 38.1 Å². The van der Waals surface area contributed by atoms with Crippen LogP contribution in [0.1, 0.15) is 5.56 Å². The Balaban J connectivity index is 2.05. The van der Waals surface area contributed by atoms with E-state index in [-0.39, 0.29) is 5.56 Å². The van der Waals surface area contributed by atoms with Gasteiger partial charge in [0.2, 0.25) is 0 Å². The van der Waals surface area contributed by atoms with Gasteiger partial charge >= 0.3 is 0 Å². The number of hydrogen-bond donors (Lipinski definition) is 1. The number of halogens is 3. The van der Waals surface area contributed by atoms with E-state index in [2.05, 4.69) is 42.3 Å². The minimum Gasteiger partial charge on any atom is -0.382 e. The molecule has 0 amide bonds. The quantitative estimate of drug-likeness (QED) is 0.820. The first-order valence-electron chi connectivity index (χ1n) is 5.88. The fraction of sp³-hybridized carbons (Fsp3) is 0.231. The highest BCUT2D eigenvalue weighted by Gasteiger charge is 2.07. The molecule has 7 heteroatoms. The van der Waals surface area contributed by atoms with Crippen LogP contribution in [0.4, 0.5) is 5.69 Å². The van der Waals surface area contributed by atoms with Crippen LogP contribution in [0.2, 0.25) is 5.02 Å². The fourth-order valence-electron chi connectivity index (χ4n) is 1.70. The molecule has 0 spiro atoms. The summed E-state index contributed by atoms with van der Waals surface area (Å²) < 4.78 is 2.79. The number of anilines is 1. The Morgan fingerprint density at radius 1 is 1.40 bits per heavy atom. The lowest BCUT2D eigenvalue weighted by atomic mass is 10.1. The smallest absolute Gasteiger partial charge is 0.282 e. The van der Waals surface area contributed by atoms with E-state index in [9.17, 15) is 4.79 Å². The largest absolute Gasteiger partial charge is 0.382 e. The summed E-state index contributed by atoms with van der Waals surface area (Å²) in [5.74, 6) is 0. The van der Waals surface area contributed by atoms with E-state index in [0.717, 1.165) is 16.5 Å². The van der Waals surface area contributed by atoms with Gasteiger partial charge < -0.3 is 5.32 Å². The SMILES string of the molecule is Cn1ncc(NCCc2cc(Cl)ccc2Br)c(Br)c1=O. The first-order chi connectivity index (χ1) is 9.49. The molecule has 0 saturated carbocycles. The van der Waals surface area contributed by atoms with E-state index in [1.54, 1.807) is 13.2 Å². The molecule has 0 aliphatic rings. The second-order valence-corrected chi connectivity index (χ2v) is 6.30. The molecule has 1 aromatic carbocycles. The van der Waals surface area contributed by atoms with E-state index in [1.165, 1.54) is 4.68 Å². The van der Waals surface area contributed by atoms with Crippen LogP contribution in [0.5, 0.6) is 0 Å². The van der Waals surface area contributed by atoms with Crippen LogP contribution < -0.4 is 10.9 Å². The Hall–Kier alpha value is -0.850. The summed E-state index contributed by atoms with van der Waals surface area (Å²) in [6, 6.07) is 5.68. The molecule has 0 bridgehead atoms. The Labute approximate surface area is 138 Å². The fourth-order valence-corrected chi connectivity index (χ4v) is 2.84. The van der Waals surface area contributed by atoms with Crippen molar-refractivity contribution in [2.24, 2.45) is 7.05 Å². The third-order valence-electron chi connectivity index (χ3n) is 2.80. The first-order valence-corrected chi connectivity index (χ1v) is 7.85. The molecule has 1 N–H and O–H groups in total. The molecule has 4 nitrogen and oxygen atoms in total. The lowest BCUT2D eigenvalue weighted by Gasteiger charge is -2.10. The topological polar surface area (TPSA) is 46.9 Å². The number of nitrogens with zero attached hydrogens (tertiary/aromatic N) is 2. The van der Waals surface area contributed by atoms with E-state index in [1.807, 2.05) is 18.2 Å². The molecule has 0 fully saturated rings. The average molecular weight is 422 g/mol. The summed E-state index contributed by atoms with van der Waals surface area (Å²) in [4.78, 5) is 11.7. The van der Waals surface area contributed by atoms with Gasteiger partial charge in [0.1, 0.15) is 4.47 Å². The van der Waals surface area contributed by atoms with Crippen LogP contribution >= 0.6 is 43.5 Å². The Bertz CT molecular complexity index is 688. The third kappa shape index (κ3) is 3.62. The van der Waals surface area contributed by atoms with E-state index >= 15 is 0 Å². The van der Waals surface area contributed by atoms with Gasteiger partial charge in [-0.05, 0) is 46.1 Å². The summed E-state index contributed by atoms with van der Waals surface area (Å²) in [7, 11) is 1.61. The van der Waals surface area contributed by atoms with Crippen molar-refractivity contribution in [2.45, 2.75) is 6.42 Å². The number of aromatic nitrogens is 2. The molecule has 0 saturated heterocycles. The molecule has 0 aliphatic carbocycles. The van der Waals surface area contributed by atoms with Crippen molar-refractivity contribution in [3.05, 3.63) is 54.3 Å². The van der Waals surface area contributed by atoms with Gasteiger partial charge in [0, 0.05) is 23.1 Å². The molecule has 0 radical (unpaired) electrons. The van der Waals surface area contributed by atoms with Crippen molar-refractivity contribution in [1.82, 2.24) is 9.78 Å². The zero-order chi connectivity index (χ0) is 14.7. The van der Waals surface area contributed by atoms with Crippen molar-refractivity contribution in [3.8, 4) is 0 Å².